The van der Waals surface area contributed by atoms with Crippen molar-refractivity contribution in [3.63, 3.8) is 0 Å². The molecule has 0 spiro atoms. The van der Waals surface area contributed by atoms with E-state index in [4.69, 9.17) is 0 Å². The van der Waals surface area contributed by atoms with Gasteiger partial charge in [0.05, 0.1) is 10.9 Å². The molecule has 26 heavy (non-hydrogen) atoms. The maximum Gasteiger partial charge on any atom is 0.238 e. The second-order valence-corrected chi connectivity index (χ2v) is 7.19. The van der Waals surface area contributed by atoms with E-state index in [1.165, 1.54) is 11.8 Å². The quantitative estimate of drug-likeness (QED) is 0.719. The molecule has 0 saturated carbocycles. The number of hydrogen-bond acceptors (Lipinski definition) is 5. The van der Waals surface area contributed by atoms with Crippen molar-refractivity contribution in [2.24, 2.45) is 0 Å². The number of para-hydroxylation sites is 1. The molecule has 0 radical (unpaired) electrons. The van der Waals surface area contributed by atoms with E-state index in [0.717, 1.165) is 22.1 Å². The van der Waals surface area contributed by atoms with Crippen LogP contribution < -0.4 is 10.6 Å². The van der Waals surface area contributed by atoms with Gasteiger partial charge in [0.1, 0.15) is 5.82 Å². The molecule has 1 aromatic carbocycles. The van der Waals surface area contributed by atoms with E-state index < -0.39 is 5.25 Å². The zero-order valence-electron chi connectivity index (χ0n) is 13.9. The normalized spacial score (nSPS) is 16.2. The van der Waals surface area contributed by atoms with Gasteiger partial charge in [-0.3, -0.25) is 14.0 Å². The van der Waals surface area contributed by atoms with Crippen LogP contribution in [-0.4, -0.2) is 38.2 Å². The predicted molar refractivity (Wildman–Crippen MR) is 99.0 cm³/mol. The molecule has 3 heterocycles. The minimum atomic E-state index is -0.418. The van der Waals surface area contributed by atoms with Crippen LogP contribution in [0, 0.1) is 0 Å². The lowest BCUT2D eigenvalue weighted by molar-refractivity contribution is -0.124. The fourth-order valence-electron chi connectivity index (χ4n) is 2.84. The lowest BCUT2D eigenvalue weighted by Crippen LogP contribution is -2.35. The van der Waals surface area contributed by atoms with Crippen molar-refractivity contribution < 1.29 is 9.59 Å². The molecule has 2 N–H and O–H groups in total. The highest BCUT2D eigenvalue weighted by molar-refractivity contribution is 8.01. The highest BCUT2D eigenvalue weighted by Gasteiger charge is 2.28. The Bertz CT molecular complexity index is 971. The number of thioether (sulfide) groups is 1. The van der Waals surface area contributed by atoms with Crippen molar-refractivity contribution in [2.75, 3.05) is 11.9 Å². The van der Waals surface area contributed by atoms with Gasteiger partial charge >= 0.3 is 0 Å². The van der Waals surface area contributed by atoms with E-state index in [2.05, 4.69) is 20.8 Å². The maximum absolute atomic E-state index is 12.2. The third-order valence-electron chi connectivity index (χ3n) is 4.13. The molecule has 132 valence electrons. The van der Waals surface area contributed by atoms with Crippen LogP contribution in [0.1, 0.15) is 12.2 Å². The molecule has 0 bridgehead atoms. The van der Waals surface area contributed by atoms with Crippen LogP contribution in [0.4, 0.5) is 5.69 Å². The molecule has 3 aromatic rings. The molecule has 1 aliphatic rings. The third-order valence-corrected chi connectivity index (χ3v) is 5.41. The minimum Gasteiger partial charge on any atom is -0.356 e. The van der Waals surface area contributed by atoms with Gasteiger partial charge in [0.2, 0.25) is 11.8 Å². The standard InChI is InChI=1S/C18H17N5O2S/c24-17(11-14-18(25)20-12-5-1-2-6-13(12)26-14)19-9-8-16-22-21-15-7-3-4-10-23(15)16/h1-7,10,14H,8-9,11H2,(H,19,24)(H,20,25)/t14-/m0/s1. The largest absolute Gasteiger partial charge is 0.356 e. The average molecular weight is 367 g/mol. The topological polar surface area (TPSA) is 88.4 Å². The number of aromatic nitrogens is 3. The van der Waals surface area contributed by atoms with Crippen molar-refractivity contribution in [1.82, 2.24) is 19.9 Å². The number of carbonyl (C=O) groups is 2. The molecule has 0 saturated heterocycles. The summed E-state index contributed by atoms with van der Waals surface area (Å²) < 4.78 is 1.90. The molecular weight excluding hydrogens is 350 g/mol. The number of benzene rings is 1. The van der Waals surface area contributed by atoms with Crippen LogP contribution in [0.5, 0.6) is 0 Å². The maximum atomic E-state index is 12.2. The summed E-state index contributed by atoms with van der Waals surface area (Å²) in [6.45, 7) is 0.449. The number of rotatable bonds is 5. The van der Waals surface area contributed by atoms with Gasteiger partial charge in [0.25, 0.3) is 0 Å². The number of nitrogens with one attached hydrogen (secondary N) is 2. The van der Waals surface area contributed by atoms with Crippen molar-refractivity contribution in [1.29, 1.82) is 0 Å². The predicted octanol–water partition coefficient (Wildman–Crippen LogP) is 1.89. The van der Waals surface area contributed by atoms with Gasteiger partial charge in [-0.25, -0.2) is 0 Å². The van der Waals surface area contributed by atoms with Crippen LogP contribution in [0.15, 0.2) is 53.6 Å². The summed E-state index contributed by atoms with van der Waals surface area (Å²) in [4.78, 5) is 25.4. The van der Waals surface area contributed by atoms with Gasteiger partial charge in [0.15, 0.2) is 5.65 Å². The highest BCUT2D eigenvalue weighted by Crippen LogP contribution is 2.36. The molecular formula is C18H17N5O2S. The molecule has 0 aliphatic carbocycles. The molecule has 0 unspecified atom stereocenters. The molecule has 1 aliphatic heterocycles. The van der Waals surface area contributed by atoms with Gasteiger partial charge in [-0.05, 0) is 24.3 Å². The summed E-state index contributed by atoms with van der Waals surface area (Å²) in [5.74, 6) is 0.512. The van der Waals surface area contributed by atoms with E-state index in [1.807, 2.05) is 53.1 Å². The molecule has 7 nitrogen and oxygen atoms in total. The molecule has 8 heteroatoms. The van der Waals surface area contributed by atoms with Crippen molar-refractivity contribution >= 4 is 34.9 Å². The zero-order chi connectivity index (χ0) is 17.9. The summed E-state index contributed by atoms with van der Waals surface area (Å²) in [5.41, 5.74) is 1.58. The van der Waals surface area contributed by atoms with Crippen LogP contribution >= 0.6 is 11.8 Å². The first-order valence-electron chi connectivity index (χ1n) is 8.32. The van der Waals surface area contributed by atoms with Crippen LogP contribution in [0.3, 0.4) is 0 Å². The fraction of sp³-hybridized carbons (Fsp3) is 0.222. The Morgan fingerprint density at radius 3 is 2.96 bits per heavy atom. The van der Waals surface area contributed by atoms with Gasteiger partial charge in [-0.1, -0.05) is 18.2 Å². The molecule has 4 rings (SSSR count). The highest BCUT2D eigenvalue weighted by atomic mass is 32.2. The third kappa shape index (κ3) is 3.41. The number of carbonyl (C=O) groups excluding carboxylic acids is 2. The van der Waals surface area contributed by atoms with Crippen LogP contribution in [-0.2, 0) is 16.0 Å². The summed E-state index contributed by atoms with van der Waals surface area (Å²) >= 11 is 1.43. The summed E-state index contributed by atoms with van der Waals surface area (Å²) in [6.07, 6.45) is 2.61. The Balaban J connectivity index is 1.31. The van der Waals surface area contributed by atoms with Gasteiger partial charge in [0, 0.05) is 30.5 Å². The Morgan fingerprint density at radius 2 is 2.04 bits per heavy atom. The molecule has 1 atom stereocenters. The number of amides is 2. The van der Waals surface area contributed by atoms with Crippen LogP contribution in [0.25, 0.3) is 5.65 Å². The van der Waals surface area contributed by atoms with Gasteiger partial charge in [-0.15, -0.1) is 22.0 Å². The lowest BCUT2D eigenvalue weighted by Gasteiger charge is -2.23. The van der Waals surface area contributed by atoms with Crippen molar-refractivity contribution in [3.05, 3.63) is 54.5 Å². The van der Waals surface area contributed by atoms with Crippen LogP contribution in [0.2, 0.25) is 0 Å². The number of pyridine rings is 1. The monoisotopic (exact) mass is 367 g/mol. The minimum absolute atomic E-state index is 0.132. The average Bonchev–Trinajstić information content (AvgIpc) is 3.06. The Hall–Kier alpha value is -2.87. The second-order valence-electron chi connectivity index (χ2n) is 5.94. The summed E-state index contributed by atoms with van der Waals surface area (Å²) in [7, 11) is 0. The first-order chi connectivity index (χ1) is 12.7. The molecule has 2 aromatic heterocycles. The SMILES string of the molecule is O=C(C[C@@H]1Sc2ccccc2NC1=O)NCCc1nnc2ccccn12. The van der Waals surface area contributed by atoms with E-state index in [1.54, 1.807) is 0 Å². The Labute approximate surface area is 154 Å². The first kappa shape index (κ1) is 16.6. The van der Waals surface area contributed by atoms with E-state index in [-0.39, 0.29) is 18.2 Å². The number of anilines is 1. The summed E-state index contributed by atoms with van der Waals surface area (Å²) in [5, 5.41) is 13.5. The van der Waals surface area contributed by atoms with Gasteiger partial charge in [-0.2, -0.15) is 0 Å². The van der Waals surface area contributed by atoms with E-state index >= 15 is 0 Å². The molecule has 0 fully saturated rings. The van der Waals surface area contributed by atoms with Crippen molar-refractivity contribution in [3.8, 4) is 0 Å². The fourth-order valence-corrected chi connectivity index (χ4v) is 3.95. The number of fused-ring (bicyclic) bond motifs is 2. The van der Waals surface area contributed by atoms with Crippen molar-refractivity contribution in [2.45, 2.75) is 23.0 Å². The van der Waals surface area contributed by atoms with E-state index in [9.17, 15) is 9.59 Å². The Morgan fingerprint density at radius 1 is 1.19 bits per heavy atom. The lowest BCUT2D eigenvalue weighted by atomic mass is 10.2. The second kappa shape index (κ2) is 7.17. The Kier molecular flexibility index (Phi) is 4.57. The summed E-state index contributed by atoms with van der Waals surface area (Å²) in [6, 6.07) is 13.3. The van der Waals surface area contributed by atoms with E-state index in [0.29, 0.717) is 13.0 Å². The molecule has 2 amide bonds. The zero-order valence-corrected chi connectivity index (χ0v) is 14.7. The van der Waals surface area contributed by atoms with Gasteiger partial charge < -0.3 is 10.6 Å². The number of hydrogen-bond donors (Lipinski definition) is 2. The smallest absolute Gasteiger partial charge is 0.238 e. The first-order valence-corrected chi connectivity index (χ1v) is 9.20. The number of nitrogens with zero attached hydrogens (tertiary/aromatic N) is 3.